The number of aliphatic hydroxyl groups is 1. The summed E-state index contributed by atoms with van der Waals surface area (Å²) in [6.45, 7) is 3.47. The summed E-state index contributed by atoms with van der Waals surface area (Å²) in [6.07, 6.45) is 9.68. The summed E-state index contributed by atoms with van der Waals surface area (Å²) in [5.41, 5.74) is 7.94. The number of primary amides is 1. The number of amides is 2. The fourth-order valence-electron chi connectivity index (χ4n) is 4.83. The molecule has 0 atom stereocenters. The maximum atomic E-state index is 13.1. The average molecular weight is 547 g/mol. The van der Waals surface area contributed by atoms with Crippen LogP contribution in [0.25, 0.3) is 16.6 Å². The van der Waals surface area contributed by atoms with Crippen molar-refractivity contribution in [1.29, 1.82) is 0 Å². The van der Waals surface area contributed by atoms with E-state index in [0.717, 1.165) is 36.8 Å². The predicted octanol–water partition coefficient (Wildman–Crippen LogP) is 3.10. The number of rotatable bonds is 9. The third-order valence-electron chi connectivity index (χ3n) is 6.91. The predicted molar refractivity (Wildman–Crippen MR) is 148 cm³/mol. The Hall–Kier alpha value is -4.38. The van der Waals surface area contributed by atoms with Crippen molar-refractivity contribution >= 4 is 17.3 Å². The van der Waals surface area contributed by atoms with Crippen molar-refractivity contribution in [2.75, 3.05) is 6.61 Å². The molecule has 1 aromatic carbocycles. The minimum Gasteiger partial charge on any atom is -0.490 e. The molecule has 11 nitrogen and oxygen atoms in total. The molecule has 3 heterocycles. The van der Waals surface area contributed by atoms with Crippen LogP contribution in [0.2, 0.25) is 0 Å². The molecule has 0 spiro atoms. The maximum absolute atomic E-state index is 13.1. The van der Waals surface area contributed by atoms with Gasteiger partial charge in [0.2, 0.25) is 0 Å². The van der Waals surface area contributed by atoms with Gasteiger partial charge in [-0.05, 0) is 69.4 Å². The van der Waals surface area contributed by atoms with E-state index in [9.17, 15) is 14.7 Å². The SMILES string of the molecule is Cn1cc(-c2ccc(C(N)=O)c(O[C@H]3CC[C@H](NC(=O)c4cnn5cc(OCC(C)(C)O)ccc45)CC3)c2)cn1. The molecule has 210 valence electrons. The van der Waals surface area contributed by atoms with E-state index in [4.69, 9.17) is 15.2 Å². The van der Waals surface area contributed by atoms with Gasteiger partial charge >= 0.3 is 0 Å². The Morgan fingerprint density at radius 1 is 1.05 bits per heavy atom. The van der Waals surface area contributed by atoms with Crippen LogP contribution in [-0.2, 0) is 7.05 Å². The molecule has 1 fully saturated rings. The highest BCUT2D eigenvalue weighted by molar-refractivity contribution is 6.00. The molecule has 3 aromatic heterocycles. The van der Waals surface area contributed by atoms with E-state index in [1.807, 2.05) is 25.4 Å². The second-order valence-corrected chi connectivity index (χ2v) is 10.9. The molecule has 1 aliphatic rings. The summed E-state index contributed by atoms with van der Waals surface area (Å²) in [7, 11) is 1.85. The average Bonchev–Trinajstić information content (AvgIpc) is 3.54. The van der Waals surface area contributed by atoms with Crippen LogP contribution in [0, 0.1) is 0 Å². The number of aryl methyl sites for hydroxylation is 1. The molecule has 0 aliphatic heterocycles. The molecule has 0 unspecified atom stereocenters. The number of aromatic nitrogens is 4. The lowest BCUT2D eigenvalue weighted by Gasteiger charge is -2.30. The molecule has 1 saturated carbocycles. The largest absolute Gasteiger partial charge is 0.490 e. The zero-order valence-electron chi connectivity index (χ0n) is 22.8. The Morgan fingerprint density at radius 2 is 1.82 bits per heavy atom. The summed E-state index contributed by atoms with van der Waals surface area (Å²) in [4.78, 5) is 25.1. The van der Waals surface area contributed by atoms with E-state index < -0.39 is 11.5 Å². The second kappa shape index (κ2) is 11.0. The van der Waals surface area contributed by atoms with Gasteiger partial charge in [-0.2, -0.15) is 10.2 Å². The molecule has 0 bridgehead atoms. The summed E-state index contributed by atoms with van der Waals surface area (Å²) in [6, 6.07) is 8.88. The highest BCUT2D eigenvalue weighted by Gasteiger charge is 2.26. The molecular weight excluding hydrogens is 512 g/mol. The zero-order chi connectivity index (χ0) is 28.4. The number of nitrogens with zero attached hydrogens (tertiary/aromatic N) is 4. The highest BCUT2D eigenvalue weighted by atomic mass is 16.5. The summed E-state index contributed by atoms with van der Waals surface area (Å²) in [5, 5.41) is 21.5. The molecule has 4 aromatic rings. The monoisotopic (exact) mass is 546 g/mol. The van der Waals surface area contributed by atoms with Crippen molar-refractivity contribution < 1.29 is 24.2 Å². The van der Waals surface area contributed by atoms with E-state index in [2.05, 4.69) is 15.5 Å². The normalized spacial score (nSPS) is 17.5. The Morgan fingerprint density at radius 3 is 2.50 bits per heavy atom. The van der Waals surface area contributed by atoms with Crippen molar-refractivity contribution in [3.63, 3.8) is 0 Å². The van der Waals surface area contributed by atoms with Crippen LogP contribution in [0.4, 0.5) is 0 Å². The van der Waals surface area contributed by atoms with Crippen LogP contribution in [0.5, 0.6) is 11.5 Å². The Balaban J connectivity index is 1.19. The van der Waals surface area contributed by atoms with Crippen LogP contribution < -0.4 is 20.5 Å². The lowest BCUT2D eigenvalue weighted by molar-refractivity contribution is 0.0283. The third kappa shape index (κ3) is 6.26. The number of carbonyl (C=O) groups excluding carboxylic acids is 2. The first kappa shape index (κ1) is 27.2. The van der Waals surface area contributed by atoms with E-state index >= 15 is 0 Å². The van der Waals surface area contributed by atoms with Gasteiger partial charge in [-0.25, -0.2) is 4.52 Å². The minimum atomic E-state index is -0.956. The fraction of sp³-hybridized carbons (Fsp3) is 0.379. The first-order valence-electron chi connectivity index (χ1n) is 13.3. The second-order valence-electron chi connectivity index (χ2n) is 10.9. The molecule has 11 heteroatoms. The van der Waals surface area contributed by atoms with Crippen LogP contribution in [0.15, 0.2) is 55.1 Å². The van der Waals surface area contributed by atoms with Gasteiger partial charge in [0.05, 0.1) is 46.9 Å². The minimum absolute atomic E-state index is 0.00553. The van der Waals surface area contributed by atoms with E-state index in [-0.39, 0.29) is 24.7 Å². The number of fused-ring (bicyclic) bond motifs is 1. The molecule has 1 aliphatic carbocycles. The van der Waals surface area contributed by atoms with Gasteiger partial charge < -0.3 is 25.6 Å². The zero-order valence-corrected chi connectivity index (χ0v) is 22.8. The number of hydrogen-bond acceptors (Lipinski definition) is 7. The quantitative estimate of drug-likeness (QED) is 0.292. The van der Waals surface area contributed by atoms with E-state index in [0.29, 0.717) is 28.1 Å². The number of benzene rings is 1. The molecule has 0 saturated heterocycles. The maximum Gasteiger partial charge on any atom is 0.255 e. The van der Waals surface area contributed by atoms with Crippen LogP contribution in [-0.4, -0.2) is 60.7 Å². The van der Waals surface area contributed by atoms with Crippen LogP contribution in [0.3, 0.4) is 0 Å². The summed E-state index contributed by atoms with van der Waals surface area (Å²) in [5.74, 6) is 0.273. The lowest BCUT2D eigenvalue weighted by Crippen LogP contribution is -2.39. The van der Waals surface area contributed by atoms with E-state index in [1.165, 1.54) is 0 Å². The van der Waals surface area contributed by atoms with Gasteiger partial charge in [0, 0.05) is 24.8 Å². The number of hydrogen-bond donors (Lipinski definition) is 3. The van der Waals surface area contributed by atoms with Crippen molar-refractivity contribution in [2.45, 2.75) is 57.3 Å². The van der Waals surface area contributed by atoms with Gasteiger partial charge in [0.25, 0.3) is 11.8 Å². The first-order chi connectivity index (χ1) is 19.1. The summed E-state index contributed by atoms with van der Waals surface area (Å²) >= 11 is 0. The third-order valence-corrected chi connectivity index (χ3v) is 6.91. The van der Waals surface area contributed by atoms with Gasteiger partial charge in [-0.3, -0.25) is 14.3 Å². The van der Waals surface area contributed by atoms with Crippen molar-refractivity contribution in [1.82, 2.24) is 24.7 Å². The van der Waals surface area contributed by atoms with Gasteiger partial charge in [-0.15, -0.1) is 0 Å². The molecule has 0 radical (unpaired) electrons. The van der Waals surface area contributed by atoms with Crippen molar-refractivity contribution in [3.8, 4) is 22.6 Å². The summed E-state index contributed by atoms with van der Waals surface area (Å²) < 4.78 is 15.2. The molecular formula is C29H34N6O5. The highest BCUT2D eigenvalue weighted by Crippen LogP contribution is 2.31. The Labute approximate surface area is 231 Å². The lowest BCUT2D eigenvalue weighted by atomic mass is 9.92. The number of carbonyl (C=O) groups is 2. The van der Waals surface area contributed by atoms with Crippen LogP contribution in [0.1, 0.15) is 60.2 Å². The molecule has 4 N–H and O–H groups in total. The Bertz CT molecular complexity index is 1530. The first-order valence-corrected chi connectivity index (χ1v) is 13.3. The molecule has 40 heavy (non-hydrogen) atoms. The smallest absolute Gasteiger partial charge is 0.255 e. The number of pyridine rings is 1. The number of ether oxygens (including phenoxy) is 2. The molecule has 2 amide bonds. The standard InChI is InChI=1S/C29H34N6O5/c1-29(2,38)17-39-22-9-11-25-24(14-32-35(25)16-22)28(37)33-20-5-7-21(8-6-20)40-26-12-18(4-10-23(26)27(30)36)19-13-31-34(3)15-19/h4,9-16,20-21,38H,5-8,17H2,1-3H3,(H2,30,36)(H,33,37)/t20-,21-. The van der Waals surface area contributed by atoms with Crippen molar-refractivity contribution in [2.24, 2.45) is 12.8 Å². The van der Waals surface area contributed by atoms with Gasteiger partial charge in [-0.1, -0.05) is 6.07 Å². The molecule has 5 rings (SSSR count). The van der Waals surface area contributed by atoms with Crippen molar-refractivity contribution in [3.05, 3.63) is 66.2 Å². The van der Waals surface area contributed by atoms with Gasteiger partial charge in [0.1, 0.15) is 18.1 Å². The number of nitrogens with one attached hydrogen (secondary N) is 1. The van der Waals surface area contributed by atoms with Crippen LogP contribution >= 0.6 is 0 Å². The van der Waals surface area contributed by atoms with Gasteiger partial charge in [0.15, 0.2) is 0 Å². The number of nitrogens with two attached hydrogens (primary N) is 1. The van der Waals surface area contributed by atoms with E-state index in [1.54, 1.807) is 59.8 Å². The Kier molecular flexibility index (Phi) is 7.49. The fourth-order valence-corrected chi connectivity index (χ4v) is 4.83. The topological polar surface area (TPSA) is 146 Å².